The standard InChI is InChI=1S/C7H15NO3.C4H4O4/c1-8(2,3)5-6(9)4-7(10)11;5-3(6)1-2-4(7)8/h6,9H,4-5H2,1-3H3;1-2H,(H,5,6)(H,7,8)/p+1/b;2-1+/t6-;/m0./s1. The van der Waals surface area contributed by atoms with E-state index in [4.69, 9.17) is 20.4 Å². The number of carbonyl (C=O) groups is 3. The van der Waals surface area contributed by atoms with E-state index < -0.39 is 24.0 Å². The molecule has 0 bridgehead atoms. The van der Waals surface area contributed by atoms with Gasteiger partial charge in [0.2, 0.25) is 0 Å². The minimum absolute atomic E-state index is 0.171. The second kappa shape index (κ2) is 9.06. The van der Waals surface area contributed by atoms with Crippen LogP contribution in [0.5, 0.6) is 0 Å². The fourth-order valence-electron chi connectivity index (χ4n) is 1.04. The van der Waals surface area contributed by atoms with Crippen molar-refractivity contribution in [1.82, 2.24) is 0 Å². The fraction of sp³-hybridized carbons (Fsp3) is 0.545. The number of nitrogens with zero attached hydrogens (tertiary/aromatic N) is 1. The maximum Gasteiger partial charge on any atom is 0.328 e. The Bertz CT molecular complexity index is 327. The van der Waals surface area contributed by atoms with Crippen LogP contribution in [-0.4, -0.2) is 76.6 Å². The molecule has 0 amide bonds. The lowest BCUT2D eigenvalue weighted by molar-refractivity contribution is -0.873. The molecule has 8 heteroatoms. The van der Waals surface area contributed by atoms with Crippen LogP contribution in [0.4, 0.5) is 0 Å². The Morgan fingerprint density at radius 2 is 1.37 bits per heavy atom. The van der Waals surface area contributed by atoms with Crippen molar-refractivity contribution >= 4 is 17.9 Å². The number of hydrogen-bond donors (Lipinski definition) is 4. The van der Waals surface area contributed by atoms with Gasteiger partial charge in [0.05, 0.1) is 27.6 Å². The molecule has 0 heterocycles. The van der Waals surface area contributed by atoms with Crippen molar-refractivity contribution in [3.05, 3.63) is 12.2 Å². The highest BCUT2D eigenvalue weighted by Crippen LogP contribution is 1.98. The van der Waals surface area contributed by atoms with Gasteiger partial charge in [0.25, 0.3) is 0 Å². The molecule has 0 aliphatic carbocycles. The summed E-state index contributed by atoms with van der Waals surface area (Å²) in [5.74, 6) is -3.47. The number of carboxylic acids is 3. The van der Waals surface area contributed by atoms with Gasteiger partial charge in [-0.3, -0.25) is 4.79 Å². The number of aliphatic carboxylic acids is 3. The van der Waals surface area contributed by atoms with Crippen molar-refractivity contribution in [3.8, 4) is 0 Å². The van der Waals surface area contributed by atoms with Crippen LogP contribution in [0.15, 0.2) is 12.2 Å². The number of quaternary nitrogens is 1. The summed E-state index contributed by atoms with van der Waals surface area (Å²) in [7, 11) is 5.72. The molecule has 0 aromatic carbocycles. The predicted molar refractivity (Wildman–Crippen MR) is 65.6 cm³/mol. The quantitative estimate of drug-likeness (QED) is 0.371. The first-order valence-corrected chi connectivity index (χ1v) is 5.28. The van der Waals surface area contributed by atoms with Gasteiger partial charge in [-0.1, -0.05) is 0 Å². The zero-order valence-corrected chi connectivity index (χ0v) is 11.1. The summed E-state index contributed by atoms with van der Waals surface area (Å²) in [6, 6.07) is 0. The minimum Gasteiger partial charge on any atom is -0.481 e. The molecule has 19 heavy (non-hydrogen) atoms. The van der Waals surface area contributed by atoms with Gasteiger partial charge >= 0.3 is 17.9 Å². The lowest BCUT2D eigenvalue weighted by Crippen LogP contribution is -2.42. The molecule has 0 fully saturated rings. The van der Waals surface area contributed by atoms with Gasteiger partial charge < -0.3 is 24.9 Å². The molecule has 0 radical (unpaired) electrons. The van der Waals surface area contributed by atoms with E-state index in [9.17, 15) is 14.4 Å². The van der Waals surface area contributed by atoms with Gasteiger partial charge in [-0.15, -0.1) is 0 Å². The van der Waals surface area contributed by atoms with Crippen molar-refractivity contribution in [2.75, 3.05) is 27.7 Å². The summed E-state index contributed by atoms with van der Waals surface area (Å²) in [6.45, 7) is 0.465. The van der Waals surface area contributed by atoms with E-state index in [0.29, 0.717) is 23.2 Å². The molecule has 110 valence electrons. The van der Waals surface area contributed by atoms with E-state index in [-0.39, 0.29) is 6.42 Å². The zero-order chi connectivity index (χ0) is 15.6. The Labute approximate surface area is 110 Å². The van der Waals surface area contributed by atoms with Crippen LogP contribution in [0.25, 0.3) is 0 Å². The highest BCUT2D eigenvalue weighted by Gasteiger charge is 2.17. The molecule has 0 aromatic heterocycles. The fourth-order valence-corrected chi connectivity index (χ4v) is 1.04. The Hall–Kier alpha value is -1.93. The average Bonchev–Trinajstić information content (AvgIpc) is 2.10. The molecule has 0 saturated carbocycles. The minimum atomic E-state index is -1.26. The molecule has 0 aliphatic heterocycles. The van der Waals surface area contributed by atoms with Crippen LogP contribution in [0.2, 0.25) is 0 Å². The van der Waals surface area contributed by atoms with E-state index in [1.54, 1.807) is 0 Å². The normalized spacial score (nSPS) is 12.4. The molecular formula is C11H20NO7+. The van der Waals surface area contributed by atoms with E-state index >= 15 is 0 Å². The van der Waals surface area contributed by atoms with Gasteiger partial charge in [0.15, 0.2) is 0 Å². The van der Waals surface area contributed by atoms with E-state index in [2.05, 4.69) is 0 Å². The van der Waals surface area contributed by atoms with Gasteiger partial charge in [0.1, 0.15) is 12.6 Å². The summed E-state index contributed by atoms with van der Waals surface area (Å²) < 4.78 is 0.578. The van der Waals surface area contributed by atoms with Crippen molar-refractivity contribution in [1.29, 1.82) is 0 Å². The van der Waals surface area contributed by atoms with E-state index in [1.807, 2.05) is 21.1 Å². The summed E-state index contributed by atoms with van der Waals surface area (Å²) in [5, 5.41) is 33.1. The number of aliphatic hydroxyl groups excluding tert-OH is 1. The molecule has 0 unspecified atom stereocenters. The Balaban J connectivity index is 0. The van der Waals surface area contributed by atoms with Crippen molar-refractivity contribution in [2.24, 2.45) is 0 Å². The lowest BCUT2D eigenvalue weighted by atomic mass is 10.2. The third-order valence-corrected chi connectivity index (χ3v) is 1.54. The maximum absolute atomic E-state index is 10.1. The third kappa shape index (κ3) is 21.8. The Morgan fingerprint density at radius 3 is 1.58 bits per heavy atom. The smallest absolute Gasteiger partial charge is 0.328 e. The van der Waals surface area contributed by atoms with Gasteiger partial charge in [0, 0.05) is 12.2 Å². The topological polar surface area (TPSA) is 132 Å². The molecular weight excluding hydrogens is 258 g/mol. The van der Waals surface area contributed by atoms with Crippen molar-refractivity contribution in [3.63, 3.8) is 0 Å². The highest BCUT2D eigenvalue weighted by molar-refractivity contribution is 5.89. The molecule has 0 saturated heterocycles. The SMILES string of the molecule is C[N+](C)(C)C[C@@H](O)CC(=O)O.O=C(O)/C=C/C(=O)O. The largest absolute Gasteiger partial charge is 0.481 e. The molecule has 0 aromatic rings. The molecule has 0 rings (SSSR count). The third-order valence-electron chi connectivity index (χ3n) is 1.54. The first-order chi connectivity index (χ1) is 8.44. The number of carboxylic acid groups (broad SMARTS) is 3. The van der Waals surface area contributed by atoms with Crippen molar-refractivity contribution in [2.45, 2.75) is 12.5 Å². The first kappa shape index (κ1) is 19.4. The summed E-state index contributed by atoms with van der Waals surface area (Å²) in [6.07, 6.45) is 0.202. The molecule has 0 aliphatic rings. The molecule has 8 nitrogen and oxygen atoms in total. The van der Waals surface area contributed by atoms with Crippen LogP contribution in [0.3, 0.4) is 0 Å². The first-order valence-electron chi connectivity index (χ1n) is 5.28. The van der Waals surface area contributed by atoms with Gasteiger partial charge in [-0.05, 0) is 0 Å². The van der Waals surface area contributed by atoms with Crippen LogP contribution in [-0.2, 0) is 14.4 Å². The maximum atomic E-state index is 10.1. The monoisotopic (exact) mass is 278 g/mol. The summed E-state index contributed by atoms with van der Waals surface area (Å²) >= 11 is 0. The molecule has 4 N–H and O–H groups in total. The number of likely N-dealkylation sites (N-methyl/N-ethyl adjacent to an activating group) is 1. The summed E-state index contributed by atoms with van der Waals surface area (Å²) in [5.41, 5.74) is 0. The van der Waals surface area contributed by atoms with E-state index in [1.165, 1.54) is 0 Å². The highest BCUT2D eigenvalue weighted by atomic mass is 16.4. The second-order valence-electron chi connectivity index (χ2n) is 4.73. The zero-order valence-electron chi connectivity index (χ0n) is 11.1. The van der Waals surface area contributed by atoms with Gasteiger partial charge in [-0.25, -0.2) is 9.59 Å². The Morgan fingerprint density at radius 1 is 1.00 bits per heavy atom. The number of rotatable bonds is 6. The molecule has 1 atom stereocenters. The van der Waals surface area contributed by atoms with Crippen LogP contribution in [0.1, 0.15) is 6.42 Å². The predicted octanol–water partition coefficient (Wildman–Crippen LogP) is -0.760. The number of hydrogen-bond acceptors (Lipinski definition) is 4. The lowest BCUT2D eigenvalue weighted by Gasteiger charge is -2.25. The summed E-state index contributed by atoms with van der Waals surface area (Å²) in [4.78, 5) is 29.2. The van der Waals surface area contributed by atoms with Gasteiger partial charge in [-0.2, -0.15) is 0 Å². The van der Waals surface area contributed by atoms with E-state index in [0.717, 1.165) is 0 Å². The second-order valence-corrected chi connectivity index (χ2v) is 4.73. The van der Waals surface area contributed by atoms with Crippen LogP contribution in [0, 0.1) is 0 Å². The van der Waals surface area contributed by atoms with Crippen LogP contribution >= 0.6 is 0 Å². The molecule has 0 spiro atoms. The average molecular weight is 278 g/mol. The van der Waals surface area contributed by atoms with Crippen molar-refractivity contribution < 1.29 is 39.3 Å². The number of aliphatic hydroxyl groups is 1. The Kier molecular flexibility index (Phi) is 9.26. The van der Waals surface area contributed by atoms with Crippen LogP contribution < -0.4 is 0 Å².